The van der Waals surface area contributed by atoms with Gasteiger partial charge in [-0.3, -0.25) is 9.88 Å². The Labute approximate surface area is 108 Å². The van der Waals surface area contributed by atoms with Gasteiger partial charge in [-0.1, -0.05) is 13.0 Å². The van der Waals surface area contributed by atoms with Crippen LogP contribution in [0.1, 0.15) is 25.5 Å². The number of hydrogen-bond donors (Lipinski definition) is 0. The Bertz CT molecular complexity index is 539. The van der Waals surface area contributed by atoms with Crippen molar-refractivity contribution in [3.8, 4) is 5.75 Å². The van der Waals surface area contributed by atoms with E-state index >= 15 is 0 Å². The van der Waals surface area contributed by atoms with Crippen LogP contribution in [0.25, 0.3) is 10.9 Å². The maximum atomic E-state index is 5.45. The van der Waals surface area contributed by atoms with E-state index in [1.807, 2.05) is 6.07 Å². The molecule has 1 heterocycles. The summed E-state index contributed by atoms with van der Waals surface area (Å²) in [4.78, 5) is 6.68. The van der Waals surface area contributed by atoms with Gasteiger partial charge in [-0.25, -0.2) is 0 Å². The number of fused-ring (bicyclic) bond motifs is 1. The van der Waals surface area contributed by atoms with E-state index in [2.05, 4.69) is 49.0 Å². The molecule has 0 bridgehead atoms. The third-order valence-corrected chi connectivity index (χ3v) is 3.55. The molecule has 0 saturated heterocycles. The summed E-state index contributed by atoms with van der Waals surface area (Å²) >= 11 is 0. The van der Waals surface area contributed by atoms with Crippen molar-refractivity contribution in [1.29, 1.82) is 0 Å². The number of pyridine rings is 1. The summed E-state index contributed by atoms with van der Waals surface area (Å²) in [7, 11) is 3.83. The summed E-state index contributed by atoms with van der Waals surface area (Å²) in [5.74, 6) is 0.847. The van der Waals surface area contributed by atoms with Crippen LogP contribution in [0.3, 0.4) is 0 Å². The molecule has 0 fully saturated rings. The largest absolute Gasteiger partial charge is 0.494 e. The van der Waals surface area contributed by atoms with Gasteiger partial charge >= 0.3 is 0 Å². The number of nitrogens with zero attached hydrogens (tertiary/aromatic N) is 2. The molecule has 0 radical (unpaired) electrons. The van der Waals surface area contributed by atoms with Crippen molar-refractivity contribution in [3.63, 3.8) is 0 Å². The number of methoxy groups -OCH3 is 1. The third-order valence-electron chi connectivity index (χ3n) is 3.55. The molecular weight excluding hydrogens is 224 g/mol. The highest BCUT2D eigenvalue weighted by molar-refractivity contribution is 5.85. The van der Waals surface area contributed by atoms with E-state index in [4.69, 9.17) is 4.74 Å². The smallest absolute Gasteiger partial charge is 0.145 e. The number of ether oxygens (including phenoxy) is 1. The lowest BCUT2D eigenvalue weighted by molar-refractivity contribution is 0.275. The second kappa shape index (κ2) is 5.36. The summed E-state index contributed by atoms with van der Waals surface area (Å²) in [5, 5.41) is 1.13. The highest BCUT2D eigenvalue weighted by atomic mass is 16.5. The summed E-state index contributed by atoms with van der Waals surface area (Å²) in [6.45, 7) is 5.39. The van der Waals surface area contributed by atoms with Crippen LogP contribution in [0.4, 0.5) is 0 Å². The predicted molar refractivity (Wildman–Crippen MR) is 75.0 cm³/mol. The number of hydrogen-bond acceptors (Lipinski definition) is 3. The predicted octanol–water partition coefficient (Wildman–Crippen LogP) is 3.26. The molecule has 2 rings (SSSR count). The van der Waals surface area contributed by atoms with E-state index in [1.165, 1.54) is 5.56 Å². The molecule has 18 heavy (non-hydrogen) atoms. The van der Waals surface area contributed by atoms with Gasteiger partial charge < -0.3 is 4.74 Å². The zero-order valence-electron chi connectivity index (χ0n) is 11.5. The molecule has 2 aromatic rings. The lowest BCUT2D eigenvalue weighted by atomic mass is 10.0. The average Bonchev–Trinajstić information content (AvgIpc) is 2.44. The van der Waals surface area contributed by atoms with Crippen LogP contribution in [0, 0.1) is 0 Å². The Morgan fingerprint density at radius 3 is 2.83 bits per heavy atom. The Balaban J connectivity index is 2.53. The molecule has 1 unspecified atom stereocenters. The monoisotopic (exact) mass is 244 g/mol. The lowest BCUT2D eigenvalue weighted by Crippen LogP contribution is -2.21. The zero-order chi connectivity index (χ0) is 13.1. The van der Waals surface area contributed by atoms with Crippen molar-refractivity contribution in [2.45, 2.75) is 19.9 Å². The van der Waals surface area contributed by atoms with E-state index in [1.54, 1.807) is 13.3 Å². The fraction of sp³-hybridized carbons (Fsp3) is 0.400. The van der Waals surface area contributed by atoms with Gasteiger partial charge in [0.2, 0.25) is 0 Å². The van der Waals surface area contributed by atoms with Gasteiger partial charge in [0, 0.05) is 17.6 Å². The van der Waals surface area contributed by atoms with Crippen LogP contribution in [0.5, 0.6) is 5.75 Å². The molecule has 3 heteroatoms. The van der Waals surface area contributed by atoms with Gasteiger partial charge in [0.1, 0.15) is 11.3 Å². The first kappa shape index (κ1) is 12.8. The zero-order valence-corrected chi connectivity index (χ0v) is 11.5. The molecule has 0 aliphatic carbocycles. The number of rotatable bonds is 4. The van der Waals surface area contributed by atoms with Crippen molar-refractivity contribution in [1.82, 2.24) is 9.88 Å². The normalized spacial score (nSPS) is 12.9. The summed E-state index contributed by atoms with van der Waals surface area (Å²) in [5.41, 5.74) is 2.19. The summed E-state index contributed by atoms with van der Waals surface area (Å²) in [6.07, 6.45) is 1.80. The van der Waals surface area contributed by atoms with Crippen molar-refractivity contribution in [2.24, 2.45) is 0 Å². The van der Waals surface area contributed by atoms with Crippen molar-refractivity contribution < 1.29 is 4.74 Å². The van der Waals surface area contributed by atoms with Gasteiger partial charge in [-0.05, 0) is 44.3 Å². The Kier molecular flexibility index (Phi) is 3.82. The van der Waals surface area contributed by atoms with Gasteiger partial charge in [0.25, 0.3) is 0 Å². The molecule has 0 aliphatic heterocycles. The molecule has 0 aliphatic rings. The second-order valence-electron chi connectivity index (χ2n) is 4.55. The Morgan fingerprint density at radius 2 is 2.17 bits per heavy atom. The molecule has 0 amide bonds. The second-order valence-corrected chi connectivity index (χ2v) is 4.55. The molecule has 1 atom stereocenters. The SMILES string of the molecule is CCN(C)C(C)c1cc(OC)c2ncccc2c1. The first-order chi connectivity index (χ1) is 8.67. The third kappa shape index (κ3) is 2.31. The highest BCUT2D eigenvalue weighted by Crippen LogP contribution is 2.30. The van der Waals surface area contributed by atoms with Crippen molar-refractivity contribution in [3.05, 3.63) is 36.0 Å². The first-order valence-corrected chi connectivity index (χ1v) is 6.30. The van der Waals surface area contributed by atoms with Gasteiger partial charge in [-0.2, -0.15) is 0 Å². The minimum atomic E-state index is 0.369. The number of benzene rings is 1. The molecule has 1 aromatic carbocycles. The minimum Gasteiger partial charge on any atom is -0.494 e. The lowest BCUT2D eigenvalue weighted by Gasteiger charge is -2.24. The fourth-order valence-electron chi connectivity index (χ4n) is 2.11. The Morgan fingerprint density at radius 1 is 1.39 bits per heavy atom. The molecule has 0 N–H and O–H groups in total. The highest BCUT2D eigenvalue weighted by Gasteiger charge is 2.13. The molecular formula is C15H20N2O. The molecule has 0 spiro atoms. The topological polar surface area (TPSA) is 25.4 Å². The maximum Gasteiger partial charge on any atom is 0.145 e. The van der Waals surface area contributed by atoms with Gasteiger partial charge in [0.05, 0.1) is 7.11 Å². The van der Waals surface area contributed by atoms with E-state index in [-0.39, 0.29) is 0 Å². The van der Waals surface area contributed by atoms with Crippen LogP contribution in [0.2, 0.25) is 0 Å². The maximum absolute atomic E-state index is 5.45. The first-order valence-electron chi connectivity index (χ1n) is 6.30. The molecule has 1 aromatic heterocycles. The fourth-order valence-corrected chi connectivity index (χ4v) is 2.11. The molecule has 3 nitrogen and oxygen atoms in total. The average molecular weight is 244 g/mol. The van der Waals surface area contributed by atoms with Gasteiger partial charge in [-0.15, -0.1) is 0 Å². The summed E-state index contributed by atoms with van der Waals surface area (Å²) < 4.78 is 5.45. The van der Waals surface area contributed by atoms with Gasteiger partial charge in [0.15, 0.2) is 0 Å². The standard InChI is InChI=1S/C15H20N2O/c1-5-17(3)11(2)13-9-12-7-6-8-16-15(12)14(10-13)18-4/h6-11H,5H2,1-4H3. The van der Waals surface area contributed by atoms with Crippen LogP contribution < -0.4 is 4.74 Å². The van der Waals surface area contributed by atoms with E-state index in [9.17, 15) is 0 Å². The quantitative estimate of drug-likeness (QED) is 0.825. The van der Waals surface area contributed by atoms with Crippen LogP contribution in [-0.4, -0.2) is 30.6 Å². The Hall–Kier alpha value is -1.61. The van der Waals surface area contributed by atoms with Crippen LogP contribution in [-0.2, 0) is 0 Å². The van der Waals surface area contributed by atoms with Crippen LogP contribution >= 0.6 is 0 Å². The van der Waals surface area contributed by atoms with Crippen molar-refractivity contribution >= 4 is 10.9 Å². The van der Waals surface area contributed by atoms with E-state index in [0.29, 0.717) is 6.04 Å². The van der Waals surface area contributed by atoms with Crippen molar-refractivity contribution in [2.75, 3.05) is 20.7 Å². The van der Waals surface area contributed by atoms with E-state index < -0.39 is 0 Å². The summed E-state index contributed by atoms with van der Waals surface area (Å²) in [6, 6.07) is 8.69. The molecule has 0 saturated carbocycles. The number of aromatic nitrogens is 1. The molecule has 96 valence electrons. The van der Waals surface area contributed by atoms with Crippen LogP contribution in [0.15, 0.2) is 30.5 Å². The minimum absolute atomic E-state index is 0.369. The van der Waals surface area contributed by atoms with E-state index in [0.717, 1.165) is 23.2 Å².